The molecule has 0 aromatic carbocycles. The van der Waals surface area contributed by atoms with E-state index in [1.165, 1.54) is 20.2 Å². The second kappa shape index (κ2) is 3.75. The predicted molar refractivity (Wildman–Crippen MR) is 49.2 cm³/mol. The van der Waals surface area contributed by atoms with Crippen molar-refractivity contribution in [3.05, 3.63) is 12.2 Å². The number of aliphatic hydroxyl groups is 1. The maximum atomic E-state index is 11.3. The fourth-order valence-electron chi connectivity index (χ4n) is 0.865. The predicted octanol–water partition coefficient (Wildman–Crippen LogP) is -0.247. The normalized spacial score (nSPS) is 13.7. The molecule has 6 heteroatoms. The van der Waals surface area contributed by atoms with Crippen LogP contribution in [0.4, 0.5) is 0 Å². The molecule has 6 nitrogen and oxygen atoms in total. The Bertz CT molecular complexity index is 302. The topological polar surface area (TPSA) is 90.9 Å². The Morgan fingerprint density at radius 1 is 1.71 bits per heavy atom. The van der Waals surface area contributed by atoms with Crippen molar-refractivity contribution in [2.24, 2.45) is 0 Å². The monoisotopic (exact) mass is 198 g/mol. The Labute approximate surface area is 81.7 Å². The molecule has 78 valence electrons. The smallest absolute Gasteiger partial charge is 0.251 e. The summed E-state index contributed by atoms with van der Waals surface area (Å²) in [6, 6.07) is -0.295. The first-order valence-corrected chi connectivity index (χ1v) is 4.30. The van der Waals surface area contributed by atoms with Crippen molar-refractivity contribution >= 4 is 5.91 Å². The molecule has 1 atom stereocenters. The van der Waals surface area contributed by atoms with Crippen LogP contribution in [0.3, 0.4) is 0 Å². The number of nitrogens with zero attached hydrogens (tertiary/aromatic N) is 2. The molecule has 0 bridgehead atoms. The average Bonchev–Trinajstić information content (AvgIpc) is 2.53. The lowest BCUT2D eigenvalue weighted by molar-refractivity contribution is -0.137. The van der Waals surface area contributed by atoms with Gasteiger partial charge in [-0.05, 0) is 20.8 Å². The zero-order valence-electron chi connectivity index (χ0n) is 8.40. The van der Waals surface area contributed by atoms with Crippen molar-refractivity contribution < 1.29 is 9.90 Å². The fraction of sp³-hybridized carbons (Fsp3) is 0.625. The molecule has 0 aliphatic heterocycles. The molecular formula is C8H14N4O2. The molecule has 1 aromatic rings. The first-order valence-electron chi connectivity index (χ1n) is 4.30. The molecule has 1 aromatic heterocycles. The van der Waals surface area contributed by atoms with Gasteiger partial charge >= 0.3 is 0 Å². The summed E-state index contributed by atoms with van der Waals surface area (Å²) in [5.74, 6) is 0.115. The van der Waals surface area contributed by atoms with Crippen LogP contribution in [0.25, 0.3) is 0 Å². The quantitative estimate of drug-likeness (QED) is 0.624. The van der Waals surface area contributed by atoms with Crippen molar-refractivity contribution in [2.45, 2.75) is 32.4 Å². The van der Waals surface area contributed by atoms with Crippen molar-refractivity contribution in [3.63, 3.8) is 0 Å². The number of aromatic amines is 1. The van der Waals surface area contributed by atoms with Gasteiger partial charge in [-0.15, -0.1) is 0 Å². The average molecular weight is 198 g/mol. The largest absolute Gasteiger partial charge is 0.381 e. The van der Waals surface area contributed by atoms with Crippen LogP contribution in [0.1, 0.15) is 32.6 Å². The van der Waals surface area contributed by atoms with Crippen LogP contribution in [0.2, 0.25) is 0 Å². The van der Waals surface area contributed by atoms with E-state index in [2.05, 4.69) is 20.5 Å². The lowest BCUT2D eigenvalue weighted by Crippen LogP contribution is -2.43. The van der Waals surface area contributed by atoms with Crippen LogP contribution in [0.5, 0.6) is 0 Å². The summed E-state index contributed by atoms with van der Waals surface area (Å²) in [6.45, 7) is 4.61. The van der Waals surface area contributed by atoms with Crippen LogP contribution in [-0.4, -0.2) is 31.8 Å². The van der Waals surface area contributed by atoms with E-state index in [1.54, 1.807) is 6.92 Å². The molecular weight excluding hydrogens is 184 g/mol. The van der Waals surface area contributed by atoms with E-state index in [1.807, 2.05) is 0 Å². The number of rotatable bonds is 3. The molecule has 1 heterocycles. The Morgan fingerprint density at radius 3 is 2.79 bits per heavy atom. The molecule has 0 saturated carbocycles. The Kier molecular flexibility index (Phi) is 2.85. The number of hydrogen-bond donors (Lipinski definition) is 3. The number of carbonyl (C=O) groups excluding carboxylic acids is 1. The third-order valence-electron chi connectivity index (χ3n) is 1.75. The van der Waals surface area contributed by atoms with Gasteiger partial charge in [-0.1, -0.05) is 0 Å². The van der Waals surface area contributed by atoms with Crippen molar-refractivity contribution in [3.8, 4) is 0 Å². The fourth-order valence-corrected chi connectivity index (χ4v) is 0.865. The van der Waals surface area contributed by atoms with Gasteiger partial charge in [0.15, 0.2) is 0 Å². The van der Waals surface area contributed by atoms with E-state index in [0.29, 0.717) is 5.82 Å². The van der Waals surface area contributed by atoms with E-state index < -0.39 is 11.5 Å². The van der Waals surface area contributed by atoms with E-state index in [9.17, 15) is 9.90 Å². The number of H-pyrrole nitrogens is 1. The summed E-state index contributed by atoms with van der Waals surface area (Å²) in [4.78, 5) is 15.2. The first-order chi connectivity index (χ1) is 6.41. The highest BCUT2D eigenvalue weighted by molar-refractivity contribution is 5.84. The second-order valence-corrected chi connectivity index (χ2v) is 3.62. The number of amides is 1. The van der Waals surface area contributed by atoms with Gasteiger partial charge in [0.05, 0.1) is 6.04 Å². The number of nitrogens with one attached hydrogen (secondary N) is 2. The van der Waals surface area contributed by atoms with Crippen LogP contribution < -0.4 is 5.32 Å². The van der Waals surface area contributed by atoms with E-state index >= 15 is 0 Å². The van der Waals surface area contributed by atoms with Crippen molar-refractivity contribution in [1.29, 1.82) is 0 Å². The summed E-state index contributed by atoms with van der Waals surface area (Å²) in [5, 5.41) is 18.3. The number of hydrogen-bond acceptors (Lipinski definition) is 4. The minimum atomic E-state index is -1.38. The van der Waals surface area contributed by atoms with Crippen molar-refractivity contribution in [1.82, 2.24) is 20.5 Å². The summed E-state index contributed by atoms with van der Waals surface area (Å²) >= 11 is 0. The maximum Gasteiger partial charge on any atom is 0.251 e. The standard InChI is InChI=1S/C8H14N4O2/c1-5(6-9-4-10-12-6)11-7(13)8(2,3)14/h4-5,14H,1-3H3,(H,11,13)(H,9,10,12). The van der Waals surface area contributed by atoms with Gasteiger partial charge in [0, 0.05) is 0 Å². The SMILES string of the molecule is CC(NC(=O)C(C)(C)O)c1ncn[nH]1. The molecule has 0 fully saturated rings. The van der Waals surface area contributed by atoms with Crippen LogP contribution in [0.15, 0.2) is 6.33 Å². The third kappa shape index (κ3) is 2.53. The number of aromatic nitrogens is 3. The lowest BCUT2D eigenvalue weighted by Gasteiger charge is -2.19. The van der Waals surface area contributed by atoms with E-state index in [-0.39, 0.29) is 6.04 Å². The molecule has 1 unspecified atom stereocenters. The van der Waals surface area contributed by atoms with Gasteiger partial charge in [0.1, 0.15) is 17.8 Å². The maximum absolute atomic E-state index is 11.3. The first kappa shape index (κ1) is 10.6. The highest BCUT2D eigenvalue weighted by atomic mass is 16.3. The minimum absolute atomic E-state index is 0.295. The Balaban J connectivity index is 2.58. The van der Waals surface area contributed by atoms with Gasteiger partial charge in [-0.2, -0.15) is 5.10 Å². The highest BCUT2D eigenvalue weighted by Crippen LogP contribution is 2.07. The minimum Gasteiger partial charge on any atom is -0.381 e. The molecule has 0 aliphatic carbocycles. The Morgan fingerprint density at radius 2 is 2.36 bits per heavy atom. The molecule has 0 aliphatic rings. The molecule has 0 spiro atoms. The summed E-state index contributed by atoms with van der Waals surface area (Å²) in [6.07, 6.45) is 1.36. The summed E-state index contributed by atoms with van der Waals surface area (Å²) < 4.78 is 0. The van der Waals surface area contributed by atoms with Gasteiger partial charge in [-0.3, -0.25) is 9.89 Å². The van der Waals surface area contributed by atoms with E-state index in [4.69, 9.17) is 0 Å². The highest BCUT2D eigenvalue weighted by Gasteiger charge is 2.25. The Hall–Kier alpha value is -1.43. The third-order valence-corrected chi connectivity index (χ3v) is 1.75. The molecule has 1 rings (SSSR count). The summed E-state index contributed by atoms with van der Waals surface area (Å²) in [7, 11) is 0. The van der Waals surface area contributed by atoms with Crippen molar-refractivity contribution in [2.75, 3.05) is 0 Å². The molecule has 3 N–H and O–H groups in total. The van der Waals surface area contributed by atoms with Gasteiger partial charge in [0.25, 0.3) is 5.91 Å². The molecule has 1 amide bonds. The molecule has 0 saturated heterocycles. The van der Waals surface area contributed by atoms with Crippen LogP contribution in [0, 0.1) is 0 Å². The van der Waals surface area contributed by atoms with Gasteiger partial charge in [0.2, 0.25) is 0 Å². The van der Waals surface area contributed by atoms with Crippen LogP contribution in [-0.2, 0) is 4.79 Å². The van der Waals surface area contributed by atoms with E-state index in [0.717, 1.165) is 0 Å². The zero-order chi connectivity index (χ0) is 10.8. The second-order valence-electron chi connectivity index (χ2n) is 3.62. The van der Waals surface area contributed by atoms with Crippen LogP contribution >= 0.6 is 0 Å². The zero-order valence-corrected chi connectivity index (χ0v) is 8.40. The molecule has 0 radical (unpaired) electrons. The van der Waals surface area contributed by atoms with Gasteiger partial charge < -0.3 is 10.4 Å². The molecule has 14 heavy (non-hydrogen) atoms. The van der Waals surface area contributed by atoms with Gasteiger partial charge in [-0.25, -0.2) is 4.98 Å². The lowest BCUT2D eigenvalue weighted by atomic mass is 10.1. The summed E-state index contributed by atoms with van der Waals surface area (Å²) in [5.41, 5.74) is -1.38. The number of carbonyl (C=O) groups is 1.